The van der Waals surface area contributed by atoms with E-state index in [-0.39, 0.29) is 5.91 Å². The van der Waals surface area contributed by atoms with Crippen molar-refractivity contribution in [3.05, 3.63) is 47.8 Å². The second-order valence-electron chi connectivity index (χ2n) is 7.40. The third kappa shape index (κ3) is 3.60. The zero-order chi connectivity index (χ0) is 17.9. The lowest BCUT2D eigenvalue weighted by Gasteiger charge is -2.22. The fourth-order valence-corrected chi connectivity index (χ4v) is 3.99. The van der Waals surface area contributed by atoms with E-state index in [9.17, 15) is 4.79 Å². The van der Waals surface area contributed by atoms with Gasteiger partial charge >= 0.3 is 0 Å². The highest BCUT2D eigenvalue weighted by atomic mass is 16.2. The van der Waals surface area contributed by atoms with Gasteiger partial charge in [-0.15, -0.1) is 0 Å². The fraction of sp³-hybridized carbons (Fsp3) is 0.500. The van der Waals surface area contributed by atoms with Crippen LogP contribution in [-0.4, -0.2) is 53.8 Å². The predicted molar refractivity (Wildman–Crippen MR) is 102 cm³/mol. The number of nitrogens with zero attached hydrogens (tertiary/aromatic N) is 4. The van der Waals surface area contributed by atoms with E-state index in [1.165, 1.54) is 5.69 Å². The first-order valence-electron chi connectivity index (χ1n) is 9.53. The van der Waals surface area contributed by atoms with Crippen LogP contribution in [0.2, 0.25) is 0 Å². The minimum Gasteiger partial charge on any atom is -0.371 e. The van der Waals surface area contributed by atoms with Gasteiger partial charge in [0.05, 0.1) is 5.69 Å². The van der Waals surface area contributed by atoms with Crippen molar-refractivity contribution in [3.8, 4) is 0 Å². The van der Waals surface area contributed by atoms with E-state index in [1.807, 2.05) is 28.8 Å². The molecule has 1 fully saturated rings. The Bertz CT molecular complexity index is 733. The summed E-state index contributed by atoms with van der Waals surface area (Å²) in [5, 5.41) is 7.92. The Labute approximate surface area is 154 Å². The number of amides is 1. The van der Waals surface area contributed by atoms with E-state index in [1.54, 1.807) is 0 Å². The number of rotatable bonds is 4. The van der Waals surface area contributed by atoms with Crippen LogP contribution in [0.3, 0.4) is 0 Å². The van der Waals surface area contributed by atoms with Gasteiger partial charge < -0.3 is 15.1 Å². The van der Waals surface area contributed by atoms with Gasteiger partial charge in [0.2, 0.25) is 0 Å². The van der Waals surface area contributed by atoms with Gasteiger partial charge in [0.1, 0.15) is 0 Å². The fourth-order valence-electron chi connectivity index (χ4n) is 3.99. The maximum absolute atomic E-state index is 12.8. The number of nitrogens with one attached hydrogen (secondary N) is 1. The molecule has 1 aromatic carbocycles. The summed E-state index contributed by atoms with van der Waals surface area (Å²) in [6, 6.07) is 12.5. The van der Waals surface area contributed by atoms with Crippen LogP contribution in [0.15, 0.2) is 36.4 Å². The summed E-state index contributed by atoms with van der Waals surface area (Å²) < 4.78 is 1.98. The number of hydrogen-bond donors (Lipinski definition) is 1. The molecule has 1 atom stereocenters. The van der Waals surface area contributed by atoms with E-state index in [0.717, 1.165) is 57.8 Å². The molecular formula is C20H27N5O. The molecule has 2 aromatic rings. The molecule has 2 aliphatic rings. The average molecular weight is 353 g/mol. The highest BCUT2D eigenvalue weighted by Crippen LogP contribution is 2.24. The van der Waals surface area contributed by atoms with Crippen LogP contribution >= 0.6 is 0 Å². The van der Waals surface area contributed by atoms with Gasteiger partial charge in [0, 0.05) is 45.5 Å². The predicted octanol–water partition coefficient (Wildman–Crippen LogP) is 1.97. The number of benzene rings is 1. The number of para-hydroxylation sites is 1. The molecule has 0 aliphatic carbocycles. The number of fused-ring (bicyclic) bond motifs is 1. The van der Waals surface area contributed by atoms with Crippen molar-refractivity contribution in [2.75, 3.05) is 38.1 Å². The minimum atomic E-state index is 0.0312. The third-order valence-electron chi connectivity index (χ3n) is 5.40. The molecule has 1 saturated heterocycles. The van der Waals surface area contributed by atoms with Gasteiger partial charge in [-0.05, 0) is 43.5 Å². The molecule has 0 radical (unpaired) electrons. The Morgan fingerprint density at radius 3 is 3.00 bits per heavy atom. The van der Waals surface area contributed by atoms with Crippen molar-refractivity contribution >= 4 is 11.6 Å². The number of aromatic nitrogens is 2. The number of carbonyl (C=O) groups is 1. The SMILES string of the molecule is CN(CC1CCN(c2ccccc2)C1)C(=O)c1cc2n(n1)CCCNC2. The molecule has 0 bridgehead atoms. The molecule has 3 heterocycles. The van der Waals surface area contributed by atoms with Crippen molar-refractivity contribution in [2.45, 2.75) is 25.9 Å². The molecule has 1 unspecified atom stereocenters. The van der Waals surface area contributed by atoms with E-state index < -0.39 is 0 Å². The van der Waals surface area contributed by atoms with Crippen molar-refractivity contribution < 1.29 is 4.79 Å². The largest absolute Gasteiger partial charge is 0.371 e. The Balaban J connectivity index is 1.36. The minimum absolute atomic E-state index is 0.0312. The average Bonchev–Trinajstić information content (AvgIpc) is 3.24. The molecule has 138 valence electrons. The lowest BCUT2D eigenvalue weighted by atomic mass is 10.1. The normalized spacial score (nSPS) is 19.9. The third-order valence-corrected chi connectivity index (χ3v) is 5.40. The molecule has 2 aliphatic heterocycles. The summed E-state index contributed by atoms with van der Waals surface area (Å²) >= 11 is 0. The molecule has 0 spiro atoms. The summed E-state index contributed by atoms with van der Waals surface area (Å²) in [6.45, 7) is 5.52. The lowest BCUT2D eigenvalue weighted by molar-refractivity contribution is 0.0769. The van der Waals surface area contributed by atoms with Crippen LogP contribution in [0.1, 0.15) is 29.0 Å². The van der Waals surface area contributed by atoms with Gasteiger partial charge in [-0.3, -0.25) is 9.48 Å². The second kappa shape index (κ2) is 7.50. The summed E-state index contributed by atoms with van der Waals surface area (Å²) in [6.07, 6.45) is 2.17. The van der Waals surface area contributed by atoms with Gasteiger partial charge in [0.15, 0.2) is 5.69 Å². The Morgan fingerprint density at radius 2 is 2.15 bits per heavy atom. The summed E-state index contributed by atoms with van der Waals surface area (Å²) in [7, 11) is 1.90. The first-order chi connectivity index (χ1) is 12.7. The van der Waals surface area contributed by atoms with Crippen LogP contribution in [0.5, 0.6) is 0 Å². The quantitative estimate of drug-likeness (QED) is 0.913. The van der Waals surface area contributed by atoms with Crippen LogP contribution in [0.25, 0.3) is 0 Å². The Morgan fingerprint density at radius 1 is 1.31 bits per heavy atom. The molecule has 0 saturated carbocycles. The van der Waals surface area contributed by atoms with Crippen LogP contribution in [0, 0.1) is 5.92 Å². The molecule has 1 amide bonds. The summed E-state index contributed by atoms with van der Waals surface area (Å²) in [4.78, 5) is 17.1. The number of carbonyl (C=O) groups excluding carboxylic acids is 1. The molecule has 6 heteroatoms. The van der Waals surface area contributed by atoms with Gasteiger partial charge in [-0.25, -0.2) is 0 Å². The van der Waals surface area contributed by atoms with Crippen molar-refractivity contribution in [3.63, 3.8) is 0 Å². The van der Waals surface area contributed by atoms with Crippen LogP contribution in [0.4, 0.5) is 5.69 Å². The van der Waals surface area contributed by atoms with Crippen molar-refractivity contribution in [1.29, 1.82) is 0 Å². The first-order valence-corrected chi connectivity index (χ1v) is 9.53. The Kier molecular flexibility index (Phi) is 4.93. The van der Waals surface area contributed by atoms with Crippen LogP contribution < -0.4 is 10.2 Å². The van der Waals surface area contributed by atoms with E-state index in [2.05, 4.69) is 39.6 Å². The van der Waals surface area contributed by atoms with E-state index >= 15 is 0 Å². The molecule has 26 heavy (non-hydrogen) atoms. The number of anilines is 1. The molecular weight excluding hydrogens is 326 g/mol. The van der Waals surface area contributed by atoms with Gasteiger partial charge in [0.25, 0.3) is 5.91 Å². The topological polar surface area (TPSA) is 53.4 Å². The summed E-state index contributed by atoms with van der Waals surface area (Å²) in [5.74, 6) is 0.537. The number of hydrogen-bond acceptors (Lipinski definition) is 4. The van der Waals surface area contributed by atoms with E-state index in [4.69, 9.17) is 0 Å². The zero-order valence-corrected chi connectivity index (χ0v) is 15.4. The standard InChI is InChI=1S/C20H27N5O/c1-23(14-16-8-11-24(15-16)17-6-3-2-4-7-17)20(26)19-12-18-13-21-9-5-10-25(18)22-19/h2-4,6-7,12,16,21H,5,8-11,13-15H2,1H3. The van der Waals surface area contributed by atoms with Gasteiger partial charge in [-0.2, -0.15) is 5.10 Å². The van der Waals surface area contributed by atoms with Gasteiger partial charge in [-0.1, -0.05) is 18.2 Å². The zero-order valence-electron chi connectivity index (χ0n) is 15.4. The van der Waals surface area contributed by atoms with E-state index in [0.29, 0.717) is 11.6 Å². The highest BCUT2D eigenvalue weighted by Gasteiger charge is 2.26. The maximum Gasteiger partial charge on any atom is 0.274 e. The van der Waals surface area contributed by atoms with Crippen molar-refractivity contribution in [1.82, 2.24) is 20.0 Å². The molecule has 1 N–H and O–H groups in total. The second-order valence-corrected chi connectivity index (χ2v) is 7.40. The number of aryl methyl sites for hydroxylation is 1. The smallest absolute Gasteiger partial charge is 0.274 e. The molecule has 6 nitrogen and oxygen atoms in total. The first kappa shape index (κ1) is 17.1. The molecule has 4 rings (SSSR count). The lowest BCUT2D eigenvalue weighted by Crippen LogP contribution is -2.33. The Hall–Kier alpha value is -2.34. The maximum atomic E-state index is 12.8. The molecule has 1 aromatic heterocycles. The van der Waals surface area contributed by atoms with Crippen LogP contribution in [-0.2, 0) is 13.1 Å². The summed E-state index contributed by atoms with van der Waals surface area (Å²) in [5.41, 5.74) is 2.95. The highest BCUT2D eigenvalue weighted by molar-refractivity contribution is 5.92. The monoisotopic (exact) mass is 353 g/mol. The van der Waals surface area contributed by atoms with Crippen molar-refractivity contribution in [2.24, 2.45) is 5.92 Å².